The molecule has 0 atom stereocenters. The van der Waals surface area contributed by atoms with Gasteiger partial charge < -0.3 is 10.6 Å². The van der Waals surface area contributed by atoms with Gasteiger partial charge in [0.25, 0.3) is 0 Å². The Labute approximate surface area is 149 Å². The highest BCUT2D eigenvalue weighted by atomic mass is 35.5. The second-order valence-corrected chi connectivity index (χ2v) is 6.25. The number of aryl methyl sites for hydroxylation is 3. The van der Waals surface area contributed by atoms with E-state index in [4.69, 9.17) is 11.6 Å². The van der Waals surface area contributed by atoms with Gasteiger partial charge in [-0.15, -0.1) is 0 Å². The maximum Gasteiger partial charge on any atom is 0.190 e. The molecule has 0 aliphatic rings. The second kappa shape index (κ2) is 9.33. The molecule has 1 aromatic carbocycles. The molecule has 0 radical (unpaired) electrons. The number of nitrogens with one attached hydrogen (secondary N) is 2. The fourth-order valence-corrected chi connectivity index (χ4v) is 2.79. The topological polar surface area (TPSA) is 54.2 Å². The lowest BCUT2D eigenvalue weighted by Crippen LogP contribution is -2.39. The van der Waals surface area contributed by atoms with Crippen LogP contribution in [0.1, 0.15) is 23.4 Å². The summed E-state index contributed by atoms with van der Waals surface area (Å²) in [6, 6.07) is 10.0. The summed E-state index contributed by atoms with van der Waals surface area (Å²) >= 11 is 6.00. The van der Waals surface area contributed by atoms with Crippen molar-refractivity contribution in [2.45, 2.75) is 33.2 Å². The molecular formula is C18H26ClN5. The highest BCUT2D eigenvalue weighted by Crippen LogP contribution is 2.10. The summed E-state index contributed by atoms with van der Waals surface area (Å²) in [4.78, 5) is 4.25. The Morgan fingerprint density at radius 2 is 2.00 bits per heavy atom. The van der Waals surface area contributed by atoms with E-state index in [1.165, 1.54) is 11.3 Å². The van der Waals surface area contributed by atoms with Crippen molar-refractivity contribution in [2.24, 2.45) is 4.99 Å². The molecule has 0 spiro atoms. The van der Waals surface area contributed by atoms with E-state index in [9.17, 15) is 0 Å². The highest BCUT2D eigenvalue weighted by molar-refractivity contribution is 6.30. The van der Waals surface area contributed by atoms with Crippen LogP contribution < -0.4 is 10.6 Å². The summed E-state index contributed by atoms with van der Waals surface area (Å²) in [5.41, 5.74) is 3.49. The van der Waals surface area contributed by atoms with Gasteiger partial charge in [0.2, 0.25) is 0 Å². The van der Waals surface area contributed by atoms with Gasteiger partial charge >= 0.3 is 0 Å². The van der Waals surface area contributed by atoms with Crippen LogP contribution in [-0.4, -0.2) is 35.9 Å². The molecule has 1 heterocycles. The molecule has 2 N–H and O–H groups in total. The van der Waals surface area contributed by atoms with Crippen molar-refractivity contribution in [1.82, 2.24) is 20.4 Å². The van der Waals surface area contributed by atoms with Crippen molar-refractivity contribution in [1.29, 1.82) is 0 Å². The number of aromatic nitrogens is 2. The minimum Gasteiger partial charge on any atom is -0.356 e. The predicted octanol–water partition coefficient (Wildman–Crippen LogP) is 2.95. The summed E-state index contributed by atoms with van der Waals surface area (Å²) in [5, 5.41) is 11.9. The molecule has 6 heteroatoms. The maximum atomic E-state index is 6.00. The molecule has 2 rings (SSSR count). The number of hydrogen-bond donors (Lipinski definition) is 2. The SMILES string of the molecule is CN=C(NCCCn1nc(C)cc1C)NCCc1cccc(Cl)c1. The Bertz CT molecular complexity index is 678. The molecule has 130 valence electrons. The normalized spacial score (nSPS) is 11.6. The molecule has 0 aliphatic carbocycles. The van der Waals surface area contributed by atoms with Gasteiger partial charge in [-0.05, 0) is 50.5 Å². The average Bonchev–Trinajstić information content (AvgIpc) is 2.87. The first-order valence-electron chi connectivity index (χ1n) is 8.28. The van der Waals surface area contributed by atoms with Crippen LogP contribution in [0, 0.1) is 13.8 Å². The Morgan fingerprint density at radius 1 is 1.21 bits per heavy atom. The summed E-state index contributed by atoms with van der Waals surface area (Å²) in [7, 11) is 1.79. The number of aliphatic imine (C=N–C) groups is 1. The van der Waals surface area contributed by atoms with E-state index in [0.717, 1.165) is 49.2 Å². The summed E-state index contributed by atoms with van der Waals surface area (Å²) < 4.78 is 2.05. The molecule has 0 fully saturated rings. The zero-order valence-electron chi connectivity index (χ0n) is 14.6. The van der Waals surface area contributed by atoms with Gasteiger partial charge in [-0.3, -0.25) is 9.67 Å². The third-order valence-corrected chi connectivity index (χ3v) is 4.00. The zero-order valence-corrected chi connectivity index (χ0v) is 15.4. The van der Waals surface area contributed by atoms with Gasteiger partial charge in [-0.2, -0.15) is 5.10 Å². The molecule has 1 aromatic heterocycles. The fourth-order valence-electron chi connectivity index (χ4n) is 2.58. The number of hydrogen-bond acceptors (Lipinski definition) is 2. The van der Waals surface area contributed by atoms with Crippen molar-refractivity contribution in [3.05, 3.63) is 52.3 Å². The van der Waals surface area contributed by atoms with Crippen LogP contribution >= 0.6 is 11.6 Å². The highest BCUT2D eigenvalue weighted by Gasteiger charge is 2.01. The van der Waals surface area contributed by atoms with Crippen LogP contribution in [0.25, 0.3) is 0 Å². The summed E-state index contributed by atoms with van der Waals surface area (Å²) in [6.45, 7) is 6.69. The van der Waals surface area contributed by atoms with Gasteiger partial charge in [0, 0.05) is 37.4 Å². The van der Waals surface area contributed by atoms with Gasteiger partial charge in [-0.25, -0.2) is 0 Å². The Morgan fingerprint density at radius 3 is 2.67 bits per heavy atom. The standard InChI is InChI=1S/C18H26ClN5/c1-14-12-15(2)24(23-14)11-5-9-21-18(20-3)22-10-8-16-6-4-7-17(19)13-16/h4,6-7,12-13H,5,8-11H2,1-3H3,(H2,20,21,22). The smallest absolute Gasteiger partial charge is 0.190 e. The first-order valence-corrected chi connectivity index (χ1v) is 8.66. The van der Waals surface area contributed by atoms with E-state index in [-0.39, 0.29) is 0 Å². The van der Waals surface area contributed by atoms with Gasteiger partial charge in [0.05, 0.1) is 5.69 Å². The Balaban J connectivity index is 1.66. The predicted molar refractivity (Wildman–Crippen MR) is 101 cm³/mol. The largest absolute Gasteiger partial charge is 0.356 e. The van der Waals surface area contributed by atoms with Gasteiger partial charge in [0.15, 0.2) is 5.96 Å². The third kappa shape index (κ3) is 5.89. The first kappa shape index (κ1) is 18.3. The molecule has 0 bridgehead atoms. The van der Waals surface area contributed by atoms with E-state index in [1.54, 1.807) is 7.05 Å². The van der Waals surface area contributed by atoms with Crippen LogP contribution in [0.5, 0.6) is 0 Å². The van der Waals surface area contributed by atoms with Crippen LogP contribution in [0.4, 0.5) is 0 Å². The first-order chi connectivity index (χ1) is 11.6. The number of guanidine groups is 1. The van der Waals surface area contributed by atoms with Gasteiger partial charge in [0.1, 0.15) is 0 Å². The summed E-state index contributed by atoms with van der Waals surface area (Å²) in [5.74, 6) is 0.824. The van der Waals surface area contributed by atoms with Crippen molar-refractivity contribution < 1.29 is 0 Å². The lowest BCUT2D eigenvalue weighted by atomic mass is 10.1. The molecule has 2 aromatic rings. The van der Waals surface area contributed by atoms with E-state index in [2.05, 4.69) is 39.8 Å². The number of rotatable bonds is 7. The van der Waals surface area contributed by atoms with Gasteiger partial charge in [-0.1, -0.05) is 23.7 Å². The molecular weight excluding hydrogens is 322 g/mol. The number of halogens is 1. The van der Waals surface area contributed by atoms with Crippen LogP contribution in [-0.2, 0) is 13.0 Å². The minimum atomic E-state index is 0.777. The second-order valence-electron chi connectivity index (χ2n) is 5.81. The monoisotopic (exact) mass is 347 g/mol. The Hall–Kier alpha value is -2.01. The third-order valence-electron chi connectivity index (χ3n) is 3.76. The quantitative estimate of drug-likeness (QED) is 0.460. The van der Waals surface area contributed by atoms with Crippen molar-refractivity contribution >= 4 is 17.6 Å². The Kier molecular flexibility index (Phi) is 7.12. The maximum absolute atomic E-state index is 6.00. The lowest BCUT2D eigenvalue weighted by Gasteiger charge is -2.12. The molecule has 0 aliphatic heterocycles. The van der Waals surface area contributed by atoms with Crippen LogP contribution in [0.3, 0.4) is 0 Å². The van der Waals surface area contributed by atoms with E-state index in [1.807, 2.05) is 29.8 Å². The lowest BCUT2D eigenvalue weighted by molar-refractivity contribution is 0.555. The van der Waals surface area contributed by atoms with Crippen molar-refractivity contribution in [2.75, 3.05) is 20.1 Å². The van der Waals surface area contributed by atoms with Crippen LogP contribution in [0.15, 0.2) is 35.3 Å². The number of benzene rings is 1. The van der Waals surface area contributed by atoms with E-state index >= 15 is 0 Å². The fraction of sp³-hybridized carbons (Fsp3) is 0.444. The van der Waals surface area contributed by atoms with Crippen LogP contribution in [0.2, 0.25) is 5.02 Å². The van der Waals surface area contributed by atoms with E-state index in [0.29, 0.717) is 0 Å². The molecule has 5 nitrogen and oxygen atoms in total. The molecule has 0 saturated carbocycles. The minimum absolute atomic E-state index is 0.777. The van der Waals surface area contributed by atoms with E-state index < -0.39 is 0 Å². The molecule has 24 heavy (non-hydrogen) atoms. The molecule has 0 unspecified atom stereocenters. The summed E-state index contributed by atoms with van der Waals surface area (Å²) in [6.07, 6.45) is 1.91. The number of nitrogens with zero attached hydrogens (tertiary/aromatic N) is 3. The van der Waals surface area contributed by atoms with Crippen molar-refractivity contribution in [3.63, 3.8) is 0 Å². The molecule has 0 saturated heterocycles. The zero-order chi connectivity index (χ0) is 17.4. The average molecular weight is 348 g/mol. The van der Waals surface area contributed by atoms with Crippen molar-refractivity contribution in [3.8, 4) is 0 Å². The molecule has 0 amide bonds.